The predicted octanol–water partition coefficient (Wildman–Crippen LogP) is 0.742. The first-order valence-electron chi connectivity index (χ1n) is 3.07. The molecule has 60 valence electrons. The van der Waals surface area contributed by atoms with Crippen LogP contribution in [0, 0.1) is 5.92 Å². The third-order valence-electron chi connectivity index (χ3n) is 1.06. The summed E-state index contributed by atoms with van der Waals surface area (Å²) in [7, 11) is 0. The highest BCUT2D eigenvalue weighted by Gasteiger charge is 2.33. The van der Waals surface area contributed by atoms with Crippen LogP contribution in [0.5, 0.6) is 0 Å². The normalized spacial score (nSPS) is 16.9. The van der Waals surface area contributed by atoms with E-state index in [1.54, 1.807) is 13.8 Å². The summed E-state index contributed by atoms with van der Waals surface area (Å²) in [6, 6.07) is 0. The van der Waals surface area contributed by atoms with Crippen molar-refractivity contribution in [1.29, 1.82) is 0 Å². The Hall–Kier alpha value is -0.640. The zero-order valence-corrected chi connectivity index (χ0v) is 6.10. The Balaban J connectivity index is 4.00. The minimum Gasteiger partial charge on any atom is -0.478 e. The number of alkyl halides is 1. The lowest BCUT2D eigenvalue weighted by molar-refractivity contribution is -0.151. The fourth-order valence-electron chi connectivity index (χ4n) is 0.681. The molecule has 0 aromatic heterocycles. The number of rotatable bonds is 3. The minimum absolute atomic E-state index is 0.0499. The van der Waals surface area contributed by atoms with E-state index >= 15 is 0 Å². The van der Waals surface area contributed by atoms with Gasteiger partial charge in [0.1, 0.15) is 0 Å². The van der Waals surface area contributed by atoms with Gasteiger partial charge in [-0.25, -0.2) is 9.18 Å². The highest BCUT2D eigenvalue weighted by Crippen LogP contribution is 2.15. The molecule has 0 radical (unpaired) electrons. The van der Waals surface area contributed by atoms with Gasteiger partial charge in [-0.3, -0.25) is 5.73 Å². The second kappa shape index (κ2) is 2.96. The van der Waals surface area contributed by atoms with Gasteiger partial charge in [0, 0.05) is 6.42 Å². The van der Waals surface area contributed by atoms with Crippen LogP contribution in [0.4, 0.5) is 4.39 Å². The van der Waals surface area contributed by atoms with Gasteiger partial charge in [0.25, 0.3) is 5.79 Å². The summed E-state index contributed by atoms with van der Waals surface area (Å²) < 4.78 is 12.6. The van der Waals surface area contributed by atoms with Crippen molar-refractivity contribution in [2.24, 2.45) is 11.7 Å². The molecular weight excluding hydrogens is 137 g/mol. The first-order valence-corrected chi connectivity index (χ1v) is 3.07. The molecule has 0 amide bonds. The van der Waals surface area contributed by atoms with Gasteiger partial charge in [-0.2, -0.15) is 0 Å². The number of halogens is 1. The number of carbonyl (C=O) groups is 1. The number of hydrogen-bond donors (Lipinski definition) is 2. The van der Waals surface area contributed by atoms with Crippen molar-refractivity contribution in [1.82, 2.24) is 0 Å². The molecule has 0 bridgehead atoms. The maximum atomic E-state index is 12.6. The summed E-state index contributed by atoms with van der Waals surface area (Å²) >= 11 is 0. The standard InChI is InChI=1S/C6H12FNO2/c1-4(2)3-6(7,8)5(9)10/h4H,3,8H2,1-2H3,(H,9,10). The van der Waals surface area contributed by atoms with Crippen LogP contribution in [0.2, 0.25) is 0 Å². The van der Waals surface area contributed by atoms with E-state index in [-0.39, 0.29) is 12.3 Å². The Labute approximate surface area is 59.0 Å². The molecule has 0 aliphatic heterocycles. The Morgan fingerprint density at radius 2 is 2.20 bits per heavy atom. The SMILES string of the molecule is CC(C)CC(N)(F)C(=O)O. The molecule has 0 spiro atoms. The molecule has 0 fully saturated rings. The van der Waals surface area contributed by atoms with E-state index in [0.717, 1.165) is 0 Å². The highest BCUT2D eigenvalue weighted by atomic mass is 19.1. The second-order valence-corrected chi connectivity index (χ2v) is 2.77. The van der Waals surface area contributed by atoms with Gasteiger partial charge in [0.05, 0.1) is 0 Å². The number of hydrogen-bond acceptors (Lipinski definition) is 2. The Bertz CT molecular complexity index is 134. The molecule has 0 heterocycles. The fourth-order valence-corrected chi connectivity index (χ4v) is 0.681. The zero-order valence-electron chi connectivity index (χ0n) is 6.10. The topological polar surface area (TPSA) is 63.3 Å². The van der Waals surface area contributed by atoms with Crippen LogP contribution < -0.4 is 5.73 Å². The number of nitrogens with two attached hydrogens (primary N) is 1. The van der Waals surface area contributed by atoms with Crippen molar-refractivity contribution in [2.75, 3.05) is 0 Å². The van der Waals surface area contributed by atoms with Gasteiger partial charge >= 0.3 is 5.97 Å². The quantitative estimate of drug-likeness (QED) is 0.582. The number of carboxylic acid groups (broad SMARTS) is 1. The van der Waals surface area contributed by atoms with Crippen LogP contribution in [-0.4, -0.2) is 16.9 Å². The van der Waals surface area contributed by atoms with Crippen LogP contribution in [0.1, 0.15) is 20.3 Å². The summed E-state index contributed by atoms with van der Waals surface area (Å²) in [4.78, 5) is 10.1. The lowest BCUT2D eigenvalue weighted by Crippen LogP contribution is -2.44. The van der Waals surface area contributed by atoms with Crippen LogP contribution in [0.15, 0.2) is 0 Å². The summed E-state index contributed by atoms with van der Waals surface area (Å²) in [5.74, 6) is -4.21. The largest absolute Gasteiger partial charge is 0.478 e. The summed E-state index contributed by atoms with van der Waals surface area (Å²) in [6.07, 6.45) is -0.150. The minimum atomic E-state index is -2.56. The molecule has 0 saturated carbocycles. The first kappa shape index (κ1) is 9.36. The molecule has 0 aromatic rings. The molecule has 1 unspecified atom stereocenters. The van der Waals surface area contributed by atoms with Gasteiger partial charge in [-0.15, -0.1) is 0 Å². The van der Waals surface area contributed by atoms with Crippen molar-refractivity contribution < 1.29 is 14.3 Å². The van der Waals surface area contributed by atoms with Gasteiger partial charge in [0.15, 0.2) is 0 Å². The van der Waals surface area contributed by atoms with Crippen LogP contribution >= 0.6 is 0 Å². The lowest BCUT2D eigenvalue weighted by Gasteiger charge is -2.16. The molecule has 0 rings (SSSR count). The molecule has 0 saturated heterocycles. The van der Waals surface area contributed by atoms with Gasteiger partial charge in [-0.05, 0) is 5.92 Å². The van der Waals surface area contributed by atoms with Gasteiger partial charge in [0.2, 0.25) is 0 Å². The van der Waals surface area contributed by atoms with Crippen molar-refractivity contribution in [3.63, 3.8) is 0 Å². The average Bonchev–Trinajstić information content (AvgIpc) is 1.60. The van der Waals surface area contributed by atoms with E-state index in [2.05, 4.69) is 0 Å². The molecule has 0 aromatic carbocycles. The average molecular weight is 149 g/mol. The van der Waals surface area contributed by atoms with Crippen LogP contribution in [0.3, 0.4) is 0 Å². The molecule has 10 heavy (non-hydrogen) atoms. The lowest BCUT2D eigenvalue weighted by atomic mass is 10.0. The maximum absolute atomic E-state index is 12.6. The molecule has 1 atom stereocenters. The van der Waals surface area contributed by atoms with E-state index in [0.29, 0.717) is 0 Å². The summed E-state index contributed by atoms with van der Waals surface area (Å²) in [5, 5.41) is 8.19. The molecule has 0 aliphatic rings. The molecule has 4 heteroatoms. The van der Waals surface area contributed by atoms with E-state index in [9.17, 15) is 9.18 Å². The van der Waals surface area contributed by atoms with Crippen molar-refractivity contribution in [3.8, 4) is 0 Å². The Kier molecular flexibility index (Phi) is 2.77. The monoisotopic (exact) mass is 149 g/mol. The smallest absolute Gasteiger partial charge is 0.356 e. The van der Waals surface area contributed by atoms with Crippen molar-refractivity contribution in [3.05, 3.63) is 0 Å². The predicted molar refractivity (Wildman–Crippen MR) is 35.1 cm³/mol. The number of aliphatic carboxylic acids is 1. The van der Waals surface area contributed by atoms with E-state index < -0.39 is 11.8 Å². The first-order chi connectivity index (χ1) is 4.36. The molecule has 3 nitrogen and oxygen atoms in total. The summed E-state index contributed by atoms with van der Waals surface area (Å²) in [5.41, 5.74) is 4.79. The van der Waals surface area contributed by atoms with E-state index in [1.807, 2.05) is 0 Å². The summed E-state index contributed by atoms with van der Waals surface area (Å²) in [6.45, 7) is 3.42. The van der Waals surface area contributed by atoms with Crippen LogP contribution in [0.25, 0.3) is 0 Å². The number of carboxylic acids is 1. The Morgan fingerprint density at radius 1 is 1.80 bits per heavy atom. The maximum Gasteiger partial charge on any atom is 0.356 e. The second-order valence-electron chi connectivity index (χ2n) is 2.77. The van der Waals surface area contributed by atoms with E-state index in [4.69, 9.17) is 10.8 Å². The van der Waals surface area contributed by atoms with Crippen LogP contribution in [-0.2, 0) is 4.79 Å². The van der Waals surface area contributed by atoms with Gasteiger partial charge in [-0.1, -0.05) is 13.8 Å². The molecular formula is C6H12FNO2. The van der Waals surface area contributed by atoms with Gasteiger partial charge < -0.3 is 5.11 Å². The van der Waals surface area contributed by atoms with E-state index in [1.165, 1.54) is 0 Å². The third kappa shape index (κ3) is 2.77. The Morgan fingerprint density at radius 3 is 2.30 bits per heavy atom. The van der Waals surface area contributed by atoms with Crippen molar-refractivity contribution >= 4 is 5.97 Å². The van der Waals surface area contributed by atoms with Crippen molar-refractivity contribution in [2.45, 2.75) is 26.1 Å². The molecule has 3 N–H and O–H groups in total. The zero-order chi connectivity index (χ0) is 8.36. The third-order valence-corrected chi connectivity index (χ3v) is 1.06. The fraction of sp³-hybridized carbons (Fsp3) is 0.833. The highest BCUT2D eigenvalue weighted by molar-refractivity contribution is 5.76. The molecule has 0 aliphatic carbocycles.